The van der Waals surface area contributed by atoms with Gasteiger partial charge < -0.3 is 5.11 Å². The maximum atomic E-state index is 12.4. The molecule has 3 heterocycles. The third-order valence-corrected chi connectivity index (χ3v) is 4.57. The number of thiophene rings is 1. The number of hydrogen-bond acceptors (Lipinski definition) is 6. The van der Waals surface area contributed by atoms with Crippen molar-refractivity contribution in [1.82, 2.24) is 24.5 Å². The van der Waals surface area contributed by atoms with Crippen LogP contribution in [-0.2, 0) is 18.4 Å². The Labute approximate surface area is 140 Å². The fourth-order valence-corrected chi connectivity index (χ4v) is 3.31. The van der Waals surface area contributed by atoms with E-state index in [0.717, 1.165) is 20.6 Å². The van der Waals surface area contributed by atoms with Crippen molar-refractivity contribution in [2.45, 2.75) is 26.3 Å². The number of fused-ring (bicyclic) bond motifs is 1. The van der Waals surface area contributed by atoms with Crippen LogP contribution in [0.2, 0.25) is 0 Å². The van der Waals surface area contributed by atoms with E-state index in [9.17, 15) is 9.59 Å². The van der Waals surface area contributed by atoms with Crippen molar-refractivity contribution in [1.29, 1.82) is 0 Å². The first kappa shape index (κ1) is 16.1. The second-order valence-electron chi connectivity index (χ2n) is 5.61. The first-order valence-corrected chi connectivity index (χ1v) is 8.06. The summed E-state index contributed by atoms with van der Waals surface area (Å²) < 4.78 is 2.91. The third kappa shape index (κ3) is 3.00. The second kappa shape index (κ2) is 6.04. The van der Waals surface area contributed by atoms with Gasteiger partial charge in [-0.25, -0.2) is 9.67 Å². The summed E-state index contributed by atoms with van der Waals surface area (Å²) in [5, 5.41) is 20.6. The van der Waals surface area contributed by atoms with Crippen LogP contribution in [0.5, 0.6) is 0 Å². The minimum atomic E-state index is -1.03. The summed E-state index contributed by atoms with van der Waals surface area (Å²) in [6.45, 7) is 3.80. The lowest BCUT2D eigenvalue weighted by atomic mass is 10.1. The van der Waals surface area contributed by atoms with Crippen molar-refractivity contribution >= 4 is 39.4 Å². The van der Waals surface area contributed by atoms with Crippen LogP contribution in [0.15, 0.2) is 12.4 Å². The Morgan fingerprint density at radius 2 is 2.12 bits per heavy atom. The molecule has 0 atom stereocenters. The summed E-state index contributed by atoms with van der Waals surface area (Å²) in [6, 6.07) is 1.81. The number of carbonyl (C=O) groups excluding carboxylic acids is 1. The number of aliphatic carboxylic acids is 1. The van der Waals surface area contributed by atoms with Crippen molar-refractivity contribution in [2.24, 2.45) is 7.05 Å². The maximum absolute atomic E-state index is 12.4. The van der Waals surface area contributed by atoms with Crippen molar-refractivity contribution in [3.63, 3.8) is 0 Å². The molecule has 0 saturated heterocycles. The minimum absolute atomic E-state index is 0.0703. The summed E-state index contributed by atoms with van der Waals surface area (Å²) in [7, 11) is 1.85. The molecule has 0 saturated carbocycles. The Balaban J connectivity index is 1.82. The number of hydrogen-bond donors (Lipinski definition) is 2. The Kier molecular flexibility index (Phi) is 4.06. The van der Waals surface area contributed by atoms with Crippen LogP contribution < -0.4 is 5.32 Å². The zero-order valence-electron chi connectivity index (χ0n) is 13.3. The van der Waals surface area contributed by atoms with Crippen LogP contribution in [0.25, 0.3) is 10.2 Å². The number of nitrogens with zero attached hydrogens (tertiary/aromatic N) is 5. The number of carboxylic acids is 1. The molecule has 0 aliphatic carbocycles. The summed E-state index contributed by atoms with van der Waals surface area (Å²) >= 11 is 1.34. The van der Waals surface area contributed by atoms with Crippen LogP contribution in [0.3, 0.4) is 0 Å². The highest BCUT2D eigenvalue weighted by Gasteiger charge is 2.19. The largest absolute Gasteiger partial charge is 0.480 e. The molecular weight excluding hydrogens is 332 g/mol. The molecule has 3 rings (SSSR count). The molecular formula is C14H16N6O3S. The highest BCUT2D eigenvalue weighted by Crippen LogP contribution is 2.31. The quantitative estimate of drug-likeness (QED) is 0.725. The topological polar surface area (TPSA) is 115 Å². The average molecular weight is 348 g/mol. The molecule has 3 aromatic rings. The van der Waals surface area contributed by atoms with Gasteiger partial charge in [0.25, 0.3) is 5.91 Å². The molecule has 0 spiro atoms. The molecule has 0 radical (unpaired) electrons. The van der Waals surface area contributed by atoms with E-state index in [-0.39, 0.29) is 24.3 Å². The first-order chi connectivity index (χ1) is 11.3. The molecule has 0 fully saturated rings. The normalized spacial score (nSPS) is 11.3. The van der Waals surface area contributed by atoms with Gasteiger partial charge in [0.2, 0.25) is 5.95 Å². The monoisotopic (exact) mass is 348 g/mol. The standard InChI is InChI=1S/C14H16N6O3S/c1-7(2)11-8-4-9(24-13(8)19(3)17-11)12(23)16-14-15-6-20(18-14)5-10(21)22/h4,6-7H,5H2,1-3H3,(H,21,22)(H,16,18,23). The van der Waals surface area contributed by atoms with E-state index in [2.05, 4.69) is 34.3 Å². The van der Waals surface area contributed by atoms with Gasteiger partial charge in [0.15, 0.2) is 0 Å². The average Bonchev–Trinajstić information content (AvgIpc) is 3.15. The molecule has 0 unspecified atom stereocenters. The smallest absolute Gasteiger partial charge is 0.325 e. The van der Waals surface area contributed by atoms with E-state index in [1.54, 1.807) is 4.68 Å². The lowest BCUT2D eigenvalue weighted by molar-refractivity contribution is -0.137. The van der Waals surface area contributed by atoms with Gasteiger partial charge in [-0.15, -0.1) is 16.4 Å². The van der Waals surface area contributed by atoms with Crippen molar-refractivity contribution in [3.05, 3.63) is 23.0 Å². The molecule has 126 valence electrons. The molecule has 0 aromatic carbocycles. The highest BCUT2D eigenvalue weighted by molar-refractivity contribution is 7.20. The lowest BCUT2D eigenvalue weighted by Crippen LogP contribution is -2.13. The number of carboxylic acid groups (broad SMARTS) is 1. The molecule has 10 heteroatoms. The molecule has 0 bridgehead atoms. The molecule has 9 nitrogen and oxygen atoms in total. The summed E-state index contributed by atoms with van der Waals surface area (Å²) in [6.07, 6.45) is 1.26. The highest BCUT2D eigenvalue weighted by atomic mass is 32.1. The zero-order chi connectivity index (χ0) is 17.4. The number of carbonyl (C=O) groups is 2. The summed E-state index contributed by atoms with van der Waals surface area (Å²) in [5.41, 5.74) is 0.951. The molecule has 3 aromatic heterocycles. The Bertz CT molecular complexity index is 922. The lowest BCUT2D eigenvalue weighted by Gasteiger charge is -1.99. The van der Waals surface area contributed by atoms with E-state index in [4.69, 9.17) is 5.11 Å². The van der Waals surface area contributed by atoms with Crippen LogP contribution in [0.4, 0.5) is 5.95 Å². The van der Waals surface area contributed by atoms with Gasteiger partial charge in [0.05, 0.1) is 10.6 Å². The number of nitrogens with one attached hydrogen (secondary N) is 1. The zero-order valence-corrected chi connectivity index (χ0v) is 14.2. The fourth-order valence-electron chi connectivity index (χ4n) is 2.33. The summed E-state index contributed by atoms with van der Waals surface area (Å²) in [4.78, 5) is 28.3. The van der Waals surface area contributed by atoms with Gasteiger partial charge in [-0.1, -0.05) is 13.8 Å². The van der Waals surface area contributed by atoms with E-state index in [1.807, 2.05) is 13.1 Å². The van der Waals surface area contributed by atoms with Crippen molar-refractivity contribution in [2.75, 3.05) is 5.32 Å². The number of rotatable bonds is 5. The van der Waals surface area contributed by atoms with Gasteiger partial charge in [-0.2, -0.15) is 5.10 Å². The molecule has 24 heavy (non-hydrogen) atoms. The fraction of sp³-hybridized carbons (Fsp3) is 0.357. The SMILES string of the molecule is CC(C)c1nn(C)c2sc(C(=O)Nc3ncn(CC(=O)O)n3)cc12. The van der Waals surface area contributed by atoms with Crippen LogP contribution in [0, 0.1) is 0 Å². The third-order valence-electron chi connectivity index (χ3n) is 3.37. The maximum Gasteiger partial charge on any atom is 0.325 e. The molecule has 1 amide bonds. The minimum Gasteiger partial charge on any atom is -0.480 e. The van der Waals surface area contributed by atoms with E-state index < -0.39 is 5.97 Å². The van der Waals surface area contributed by atoms with Crippen LogP contribution in [0.1, 0.15) is 35.1 Å². The molecule has 2 N–H and O–H groups in total. The van der Waals surface area contributed by atoms with Crippen LogP contribution >= 0.6 is 11.3 Å². The number of aromatic nitrogens is 5. The van der Waals surface area contributed by atoms with Gasteiger partial charge in [-0.05, 0) is 12.0 Å². The van der Waals surface area contributed by atoms with E-state index >= 15 is 0 Å². The Morgan fingerprint density at radius 3 is 2.79 bits per heavy atom. The predicted molar refractivity (Wildman–Crippen MR) is 88.3 cm³/mol. The van der Waals surface area contributed by atoms with Gasteiger partial charge >= 0.3 is 5.97 Å². The number of aryl methyl sites for hydroxylation is 1. The molecule has 0 aliphatic rings. The number of anilines is 1. The summed E-state index contributed by atoms with van der Waals surface area (Å²) in [5.74, 6) is -1.04. The predicted octanol–water partition coefficient (Wildman–Crippen LogP) is 1.69. The van der Waals surface area contributed by atoms with Crippen molar-refractivity contribution in [3.8, 4) is 0 Å². The van der Waals surface area contributed by atoms with Crippen molar-refractivity contribution < 1.29 is 14.7 Å². The van der Waals surface area contributed by atoms with E-state index in [1.165, 1.54) is 17.7 Å². The van der Waals surface area contributed by atoms with Crippen LogP contribution in [-0.4, -0.2) is 41.5 Å². The first-order valence-electron chi connectivity index (χ1n) is 7.24. The van der Waals surface area contributed by atoms with Gasteiger partial charge in [0.1, 0.15) is 17.7 Å². The Hall–Kier alpha value is -2.75. The van der Waals surface area contributed by atoms with Gasteiger partial charge in [-0.3, -0.25) is 19.6 Å². The van der Waals surface area contributed by atoms with Gasteiger partial charge in [0, 0.05) is 12.4 Å². The second-order valence-corrected chi connectivity index (χ2v) is 6.64. The Morgan fingerprint density at radius 1 is 1.38 bits per heavy atom. The van der Waals surface area contributed by atoms with E-state index in [0.29, 0.717) is 4.88 Å². The number of amides is 1. The molecule has 0 aliphatic heterocycles.